The highest BCUT2D eigenvalue weighted by atomic mass is 16.5. The van der Waals surface area contributed by atoms with Crippen molar-refractivity contribution in [3.63, 3.8) is 0 Å². The maximum absolute atomic E-state index is 5.76. The fraction of sp³-hybridized carbons (Fsp3) is 0.312. The van der Waals surface area contributed by atoms with E-state index in [2.05, 4.69) is 30.3 Å². The minimum Gasteiger partial charge on any atom is -0.496 e. The van der Waals surface area contributed by atoms with E-state index >= 15 is 0 Å². The summed E-state index contributed by atoms with van der Waals surface area (Å²) in [6.45, 7) is 4.15. The summed E-state index contributed by atoms with van der Waals surface area (Å²) in [6, 6.07) is 8.20. The Kier molecular flexibility index (Phi) is 4.71. The average molecular weight is 271 g/mol. The normalized spacial score (nSPS) is 12.2. The molecule has 0 fully saturated rings. The van der Waals surface area contributed by atoms with E-state index in [-0.39, 0.29) is 6.04 Å². The summed E-state index contributed by atoms with van der Waals surface area (Å²) in [7, 11) is 1.69. The second kappa shape index (κ2) is 6.50. The van der Waals surface area contributed by atoms with Crippen LogP contribution in [0, 0.1) is 13.8 Å². The number of nitrogens with two attached hydrogens (primary N) is 1. The van der Waals surface area contributed by atoms with E-state index in [1.807, 2.05) is 18.2 Å². The second-order valence-corrected chi connectivity index (χ2v) is 4.98. The van der Waals surface area contributed by atoms with Gasteiger partial charge < -0.3 is 4.74 Å². The first-order chi connectivity index (χ1) is 9.65. The number of aryl methyl sites for hydroxylation is 2. The zero-order chi connectivity index (χ0) is 14.5. The van der Waals surface area contributed by atoms with Gasteiger partial charge in [0.2, 0.25) is 0 Å². The molecule has 0 aliphatic carbocycles. The summed E-state index contributed by atoms with van der Waals surface area (Å²) >= 11 is 0. The number of ether oxygens (including phenoxy) is 1. The molecule has 0 aliphatic heterocycles. The molecule has 0 amide bonds. The monoisotopic (exact) mass is 271 g/mol. The number of pyridine rings is 1. The van der Waals surface area contributed by atoms with E-state index in [1.54, 1.807) is 19.5 Å². The number of rotatable bonds is 5. The van der Waals surface area contributed by atoms with Crippen LogP contribution in [-0.2, 0) is 6.42 Å². The lowest BCUT2D eigenvalue weighted by atomic mass is 9.94. The van der Waals surface area contributed by atoms with E-state index in [9.17, 15) is 0 Å². The Morgan fingerprint density at radius 1 is 1.25 bits per heavy atom. The quantitative estimate of drug-likeness (QED) is 0.648. The van der Waals surface area contributed by atoms with Crippen LogP contribution in [0.15, 0.2) is 36.7 Å². The molecule has 0 saturated carbocycles. The van der Waals surface area contributed by atoms with Crippen LogP contribution in [0.4, 0.5) is 0 Å². The number of nitrogens with zero attached hydrogens (tertiary/aromatic N) is 1. The molecule has 1 aromatic heterocycles. The van der Waals surface area contributed by atoms with E-state index in [1.165, 1.54) is 16.7 Å². The molecule has 106 valence electrons. The highest BCUT2D eigenvalue weighted by Gasteiger charge is 2.18. The first-order valence-electron chi connectivity index (χ1n) is 6.66. The fourth-order valence-electron chi connectivity index (χ4n) is 2.55. The molecule has 1 heterocycles. The molecule has 0 radical (unpaired) electrons. The van der Waals surface area contributed by atoms with Gasteiger partial charge in [0.25, 0.3) is 0 Å². The van der Waals surface area contributed by atoms with Crippen LogP contribution in [0.2, 0.25) is 0 Å². The van der Waals surface area contributed by atoms with Crippen molar-refractivity contribution in [1.82, 2.24) is 10.4 Å². The predicted molar refractivity (Wildman–Crippen MR) is 80.5 cm³/mol. The minimum atomic E-state index is 0.00736. The largest absolute Gasteiger partial charge is 0.496 e. The van der Waals surface area contributed by atoms with Gasteiger partial charge >= 0.3 is 0 Å². The van der Waals surface area contributed by atoms with Gasteiger partial charge in [-0.05, 0) is 55.2 Å². The van der Waals surface area contributed by atoms with E-state index < -0.39 is 0 Å². The smallest absolute Gasteiger partial charge is 0.124 e. The average Bonchev–Trinajstić information content (AvgIpc) is 2.45. The van der Waals surface area contributed by atoms with Crippen molar-refractivity contribution in [2.24, 2.45) is 5.84 Å². The van der Waals surface area contributed by atoms with Crippen LogP contribution in [-0.4, -0.2) is 12.1 Å². The predicted octanol–water partition coefficient (Wildman–Crippen LogP) is 2.45. The zero-order valence-corrected chi connectivity index (χ0v) is 12.2. The summed E-state index contributed by atoms with van der Waals surface area (Å²) in [5, 5.41) is 0. The molecule has 2 aromatic rings. The number of nitrogens with one attached hydrogen (secondary N) is 1. The van der Waals surface area contributed by atoms with Crippen LogP contribution in [0.25, 0.3) is 0 Å². The number of aromatic nitrogens is 1. The molecular formula is C16H21N3O. The molecule has 4 nitrogen and oxygen atoms in total. The van der Waals surface area contributed by atoms with Crippen molar-refractivity contribution in [2.75, 3.05) is 7.11 Å². The van der Waals surface area contributed by atoms with Gasteiger partial charge in [0.15, 0.2) is 0 Å². The molecule has 4 heteroatoms. The Labute approximate surface area is 120 Å². The Morgan fingerprint density at radius 3 is 2.55 bits per heavy atom. The number of hydrazine groups is 1. The summed E-state index contributed by atoms with van der Waals surface area (Å²) in [5.41, 5.74) is 7.56. The lowest BCUT2D eigenvalue weighted by Crippen LogP contribution is -2.30. The maximum atomic E-state index is 5.76. The third-order valence-corrected chi connectivity index (χ3v) is 3.45. The molecule has 1 atom stereocenters. The molecule has 1 aromatic carbocycles. The second-order valence-electron chi connectivity index (χ2n) is 4.98. The van der Waals surface area contributed by atoms with Crippen LogP contribution in [0.5, 0.6) is 5.75 Å². The van der Waals surface area contributed by atoms with Gasteiger partial charge in [-0.15, -0.1) is 0 Å². The van der Waals surface area contributed by atoms with Crippen molar-refractivity contribution < 1.29 is 4.74 Å². The standard InChI is InChI=1S/C16H21N3O/c1-11-8-12(2)16(15(9-11)20-3)14(19-17)10-13-4-6-18-7-5-13/h4-9,14,19H,10,17H2,1-3H3. The number of benzene rings is 1. The zero-order valence-electron chi connectivity index (χ0n) is 12.2. The van der Waals surface area contributed by atoms with E-state index in [0.717, 1.165) is 17.7 Å². The van der Waals surface area contributed by atoms with Gasteiger partial charge in [0.05, 0.1) is 13.2 Å². The lowest BCUT2D eigenvalue weighted by Gasteiger charge is -2.22. The van der Waals surface area contributed by atoms with Crippen molar-refractivity contribution >= 4 is 0 Å². The Balaban J connectivity index is 2.37. The Bertz CT molecular complexity index is 569. The molecule has 0 spiro atoms. The highest BCUT2D eigenvalue weighted by molar-refractivity contribution is 5.45. The molecule has 1 unspecified atom stereocenters. The molecule has 3 N–H and O–H groups in total. The number of methoxy groups -OCH3 is 1. The number of hydrogen-bond donors (Lipinski definition) is 2. The summed E-state index contributed by atoms with van der Waals surface area (Å²) in [5.74, 6) is 6.64. The SMILES string of the molecule is COc1cc(C)cc(C)c1C(Cc1ccncc1)NN. The first-order valence-corrected chi connectivity index (χ1v) is 6.66. The Morgan fingerprint density at radius 2 is 1.95 bits per heavy atom. The highest BCUT2D eigenvalue weighted by Crippen LogP contribution is 2.31. The molecule has 0 bridgehead atoms. The molecule has 0 saturated heterocycles. The summed E-state index contributed by atoms with van der Waals surface area (Å²) < 4.78 is 5.52. The van der Waals surface area contributed by atoms with Gasteiger partial charge in [-0.25, -0.2) is 0 Å². The molecular weight excluding hydrogens is 250 g/mol. The third kappa shape index (κ3) is 3.15. The number of hydrogen-bond acceptors (Lipinski definition) is 4. The van der Waals surface area contributed by atoms with Crippen molar-refractivity contribution in [2.45, 2.75) is 26.3 Å². The van der Waals surface area contributed by atoms with Gasteiger partial charge in [-0.3, -0.25) is 16.3 Å². The fourth-order valence-corrected chi connectivity index (χ4v) is 2.55. The van der Waals surface area contributed by atoms with E-state index in [0.29, 0.717) is 0 Å². The maximum Gasteiger partial charge on any atom is 0.124 e. The van der Waals surface area contributed by atoms with Gasteiger partial charge in [-0.1, -0.05) is 6.07 Å². The summed E-state index contributed by atoms with van der Waals surface area (Å²) in [4.78, 5) is 4.04. The molecule has 2 rings (SSSR count). The van der Waals surface area contributed by atoms with E-state index in [4.69, 9.17) is 10.6 Å². The Hall–Kier alpha value is -1.91. The van der Waals surface area contributed by atoms with Crippen LogP contribution in [0.1, 0.15) is 28.3 Å². The molecule has 0 aliphatic rings. The topological polar surface area (TPSA) is 60.2 Å². The van der Waals surface area contributed by atoms with Crippen molar-refractivity contribution in [3.8, 4) is 5.75 Å². The minimum absolute atomic E-state index is 0.00736. The van der Waals surface area contributed by atoms with Crippen molar-refractivity contribution in [1.29, 1.82) is 0 Å². The van der Waals surface area contributed by atoms with Gasteiger partial charge in [0.1, 0.15) is 5.75 Å². The lowest BCUT2D eigenvalue weighted by molar-refractivity contribution is 0.398. The molecule has 20 heavy (non-hydrogen) atoms. The summed E-state index contributed by atoms with van der Waals surface area (Å²) in [6.07, 6.45) is 4.38. The van der Waals surface area contributed by atoms with Gasteiger partial charge in [-0.2, -0.15) is 0 Å². The first kappa shape index (κ1) is 14.5. The van der Waals surface area contributed by atoms with Gasteiger partial charge in [0, 0.05) is 18.0 Å². The third-order valence-electron chi connectivity index (χ3n) is 3.45. The van der Waals surface area contributed by atoms with Crippen molar-refractivity contribution in [3.05, 3.63) is 58.9 Å². The van der Waals surface area contributed by atoms with Crippen LogP contribution in [0.3, 0.4) is 0 Å². The van der Waals surface area contributed by atoms with Crippen LogP contribution >= 0.6 is 0 Å². The van der Waals surface area contributed by atoms with Crippen LogP contribution < -0.4 is 16.0 Å².